The highest BCUT2D eigenvalue weighted by Gasteiger charge is 2.30. The van der Waals surface area contributed by atoms with Crippen LogP contribution in [0.25, 0.3) is 0 Å². The van der Waals surface area contributed by atoms with Gasteiger partial charge in [-0.2, -0.15) is 0 Å². The largest absolute Gasteiger partial charge is 0.351 e. The van der Waals surface area contributed by atoms with Gasteiger partial charge in [-0.15, -0.1) is 6.58 Å². The van der Waals surface area contributed by atoms with Crippen LogP contribution in [0, 0.1) is 5.82 Å². The average molecular weight is 354 g/mol. The minimum Gasteiger partial charge on any atom is -0.351 e. The van der Waals surface area contributed by atoms with Crippen molar-refractivity contribution in [2.75, 3.05) is 6.54 Å². The third-order valence-corrected chi connectivity index (χ3v) is 3.98. The normalized spacial score (nSPS) is 11.5. The number of halogens is 1. The summed E-state index contributed by atoms with van der Waals surface area (Å²) in [6.45, 7) is 5.89. The van der Waals surface area contributed by atoms with E-state index < -0.39 is 6.04 Å². The summed E-state index contributed by atoms with van der Waals surface area (Å²) in [7, 11) is 0. The molecular formula is C21H23FN2O2. The molecule has 4 nitrogen and oxygen atoms in total. The summed E-state index contributed by atoms with van der Waals surface area (Å²) in [4.78, 5) is 27.0. The Morgan fingerprint density at radius 2 is 1.81 bits per heavy atom. The van der Waals surface area contributed by atoms with Crippen molar-refractivity contribution in [2.45, 2.75) is 25.9 Å². The Kier molecular flexibility index (Phi) is 7.09. The smallest absolute Gasteiger partial charge is 0.247 e. The minimum atomic E-state index is -0.770. The van der Waals surface area contributed by atoms with Gasteiger partial charge in [-0.1, -0.05) is 55.5 Å². The third kappa shape index (κ3) is 5.02. The molecule has 0 saturated carbocycles. The van der Waals surface area contributed by atoms with E-state index in [9.17, 15) is 14.0 Å². The quantitative estimate of drug-likeness (QED) is 0.736. The third-order valence-electron chi connectivity index (χ3n) is 3.98. The van der Waals surface area contributed by atoms with Gasteiger partial charge in [0, 0.05) is 19.5 Å². The van der Waals surface area contributed by atoms with E-state index in [1.807, 2.05) is 30.3 Å². The van der Waals surface area contributed by atoms with Crippen molar-refractivity contribution in [3.05, 3.63) is 84.2 Å². The predicted octanol–water partition coefficient (Wildman–Crippen LogP) is 3.61. The number of hydrogen-bond donors (Lipinski definition) is 1. The molecule has 136 valence electrons. The molecule has 0 radical (unpaired) electrons. The summed E-state index contributed by atoms with van der Waals surface area (Å²) >= 11 is 0. The van der Waals surface area contributed by atoms with Gasteiger partial charge in [-0.25, -0.2) is 4.39 Å². The SMILES string of the molecule is C=CCNC(=O)[C@@H](c1ccccc1)N(Cc1ccc(F)cc1)C(=O)CC. The summed E-state index contributed by atoms with van der Waals surface area (Å²) in [6.07, 6.45) is 1.85. The molecule has 0 aliphatic heterocycles. The number of rotatable bonds is 8. The van der Waals surface area contributed by atoms with Crippen molar-refractivity contribution in [3.8, 4) is 0 Å². The van der Waals surface area contributed by atoms with Gasteiger partial charge in [0.15, 0.2) is 0 Å². The zero-order chi connectivity index (χ0) is 18.9. The second-order valence-corrected chi connectivity index (χ2v) is 5.85. The van der Waals surface area contributed by atoms with Crippen molar-refractivity contribution >= 4 is 11.8 Å². The standard InChI is InChI=1S/C21H23FN2O2/c1-3-14-23-21(26)20(17-8-6-5-7-9-17)24(19(25)4-2)15-16-10-12-18(22)13-11-16/h3,5-13,20H,1,4,14-15H2,2H3,(H,23,26)/t20-/m1/s1. The first-order valence-electron chi connectivity index (χ1n) is 8.54. The van der Waals surface area contributed by atoms with Gasteiger partial charge in [-0.3, -0.25) is 9.59 Å². The summed E-state index contributed by atoms with van der Waals surface area (Å²) in [5, 5.41) is 2.77. The zero-order valence-electron chi connectivity index (χ0n) is 14.8. The van der Waals surface area contributed by atoms with Gasteiger partial charge in [0.2, 0.25) is 11.8 Å². The monoisotopic (exact) mass is 354 g/mol. The lowest BCUT2D eigenvalue weighted by Crippen LogP contribution is -2.43. The van der Waals surface area contributed by atoms with Crippen LogP contribution in [0.15, 0.2) is 67.3 Å². The Morgan fingerprint density at radius 3 is 2.38 bits per heavy atom. The van der Waals surface area contributed by atoms with Gasteiger partial charge in [-0.05, 0) is 23.3 Å². The molecular weight excluding hydrogens is 331 g/mol. The summed E-state index contributed by atoms with van der Waals surface area (Å²) in [5.41, 5.74) is 1.48. The van der Waals surface area contributed by atoms with Gasteiger partial charge in [0.25, 0.3) is 0 Å². The molecule has 0 aromatic heterocycles. The Hall–Kier alpha value is -2.95. The van der Waals surface area contributed by atoms with E-state index >= 15 is 0 Å². The lowest BCUT2D eigenvalue weighted by molar-refractivity contribution is -0.141. The minimum absolute atomic E-state index is 0.156. The predicted molar refractivity (Wildman–Crippen MR) is 99.6 cm³/mol. The molecule has 5 heteroatoms. The molecule has 0 heterocycles. The van der Waals surface area contributed by atoms with Crippen LogP contribution in [0.5, 0.6) is 0 Å². The van der Waals surface area contributed by atoms with E-state index in [0.717, 1.165) is 11.1 Å². The Balaban J connectivity index is 2.39. The van der Waals surface area contributed by atoms with Crippen LogP contribution in [-0.4, -0.2) is 23.3 Å². The van der Waals surface area contributed by atoms with Crippen LogP contribution in [-0.2, 0) is 16.1 Å². The van der Waals surface area contributed by atoms with Crippen LogP contribution in [0.2, 0.25) is 0 Å². The van der Waals surface area contributed by atoms with E-state index in [0.29, 0.717) is 6.54 Å². The first-order valence-corrected chi connectivity index (χ1v) is 8.54. The molecule has 0 unspecified atom stereocenters. The molecule has 0 aliphatic carbocycles. The van der Waals surface area contributed by atoms with Crippen molar-refractivity contribution < 1.29 is 14.0 Å². The lowest BCUT2D eigenvalue weighted by atomic mass is 10.0. The highest BCUT2D eigenvalue weighted by molar-refractivity contribution is 5.88. The molecule has 1 N–H and O–H groups in total. The van der Waals surface area contributed by atoms with Gasteiger partial charge in [0.1, 0.15) is 11.9 Å². The van der Waals surface area contributed by atoms with E-state index in [4.69, 9.17) is 0 Å². The summed E-state index contributed by atoms with van der Waals surface area (Å²) in [6, 6.07) is 14.3. The highest BCUT2D eigenvalue weighted by atomic mass is 19.1. The first kappa shape index (κ1) is 19.4. The number of benzene rings is 2. The van der Waals surface area contributed by atoms with E-state index in [1.165, 1.54) is 17.0 Å². The molecule has 1 atom stereocenters. The van der Waals surface area contributed by atoms with Crippen molar-refractivity contribution in [3.63, 3.8) is 0 Å². The second-order valence-electron chi connectivity index (χ2n) is 5.85. The van der Waals surface area contributed by atoms with Crippen molar-refractivity contribution in [1.29, 1.82) is 0 Å². The maximum Gasteiger partial charge on any atom is 0.247 e. The van der Waals surface area contributed by atoms with Crippen LogP contribution in [0.3, 0.4) is 0 Å². The fourth-order valence-corrected chi connectivity index (χ4v) is 2.69. The van der Waals surface area contributed by atoms with Gasteiger partial charge >= 0.3 is 0 Å². The topological polar surface area (TPSA) is 49.4 Å². The molecule has 2 aromatic carbocycles. The zero-order valence-corrected chi connectivity index (χ0v) is 14.8. The van der Waals surface area contributed by atoms with Crippen molar-refractivity contribution in [1.82, 2.24) is 10.2 Å². The van der Waals surface area contributed by atoms with E-state index in [1.54, 1.807) is 25.1 Å². The molecule has 0 saturated heterocycles. The molecule has 0 fully saturated rings. The number of hydrogen-bond acceptors (Lipinski definition) is 2. The fourth-order valence-electron chi connectivity index (χ4n) is 2.69. The Bertz CT molecular complexity index is 744. The van der Waals surface area contributed by atoms with Gasteiger partial charge < -0.3 is 10.2 Å². The number of nitrogens with zero attached hydrogens (tertiary/aromatic N) is 1. The Morgan fingerprint density at radius 1 is 1.15 bits per heavy atom. The highest BCUT2D eigenvalue weighted by Crippen LogP contribution is 2.24. The maximum atomic E-state index is 13.2. The summed E-state index contributed by atoms with van der Waals surface area (Å²) in [5.74, 6) is -0.776. The molecule has 0 aliphatic rings. The van der Waals surface area contributed by atoms with Crippen LogP contribution < -0.4 is 5.32 Å². The number of carbonyl (C=O) groups is 2. The van der Waals surface area contributed by atoms with Crippen molar-refractivity contribution in [2.24, 2.45) is 0 Å². The number of carbonyl (C=O) groups excluding carboxylic acids is 2. The molecule has 0 spiro atoms. The van der Waals surface area contributed by atoms with Crippen LogP contribution >= 0.6 is 0 Å². The van der Waals surface area contributed by atoms with E-state index in [-0.39, 0.29) is 30.6 Å². The first-order chi connectivity index (χ1) is 12.6. The molecule has 2 aromatic rings. The summed E-state index contributed by atoms with van der Waals surface area (Å²) < 4.78 is 13.2. The second kappa shape index (κ2) is 9.51. The van der Waals surface area contributed by atoms with Crippen LogP contribution in [0.1, 0.15) is 30.5 Å². The van der Waals surface area contributed by atoms with Crippen LogP contribution in [0.4, 0.5) is 4.39 Å². The molecule has 0 bridgehead atoms. The maximum absolute atomic E-state index is 13.2. The van der Waals surface area contributed by atoms with Gasteiger partial charge in [0.05, 0.1) is 0 Å². The number of amides is 2. The average Bonchev–Trinajstić information content (AvgIpc) is 2.67. The molecule has 2 amide bonds. The lowest BCUT2D eigenvalue weighted by Gasteiger charge is -2.31. The molecule has 2 rings (SSSR count). The van der Waals surface area contributed by atoms with E-state index in [2.05, 4.69) is 11.9 Å². The number of nitrogens with one attached hydrogen (secondary N) is 1. The molecule has 26 heavy (non-hydrogen) atoms. The fraction of sp³-hybridized carbons (Fsp3) is 0.238. The Labute approximate surface area is 153 Å².